The summed E-state index contributed by atoms with van der Waals surface area (Å²) in [7, 11) is 0. The third-order valence-corrected chi connectivity index (χ3v) is 2.86. The van der Waals surface area contributed by atoms with Gasteiger partial charge in [-0.3, -0.25) is 4.79 Å². The predicted octanol–water partition coefficient (Wildman–Crippen LogP) is 3.90. The highest BCUT2D eigenvalue weighted by Gasteiger charge is 2.13. The Morgan fingerprint density at radius 3 is 2.15 bits per heavy atom. The van der Waals surface area contributed by atoms with Crippen molar-refractivity contribution in [1.29, 1.82) is 0 Å². The fourth-order valence-corrected chi connectivity index (χ4v) is 1.94. The van der Waals surface area contributed by atoms with Gasteiger partial charge in [0, 0.05) is 18.7 Å². The first-order valence-electron chi connectivity index (χ1n) is 7.25. The highest BCUT2D eigenvalue weighted by Crippen LogP contribution is 2.15. The van der Waals surface area contributed by atoms with Crippen LogP contribution in [0.15, 0.2) is 36.4 Å². The Labute approximate surface area is 122 Å². The number of rotatable bonds is 8. The van der Waals surface area contributed by atoms with E-state index in [0.29, 0.717) is 6.61 Å². The van der Waals surface area contributed by atoms with E-state index in [0.717, 1.165) is 42.8 Å². The SMILES string of the molecule is C=C(C)COc1ccc(C(=O)N(CCC)CCC)cc1. The van der Waals surface area contributed by atoms with Gasteiger partial charge in [0.2, 0.25) is 0 Å². The molecular weight excluding hydrogens is 250 g/mol. The summed E-state index contributed by atoms with van der Waals surface area (Å²) in [6.07, 6.45) is 1.96. The van der Waals surface area contributed by atoms with E-state index in [2.05, 4.69) is 20.4 Å². The average molecular weight is 275 g/mol. The second-order valence-corrected chi connectivity index (χ2v) is 5.06. The molecule has 0 unspecified atom stereocenters. The number of carbonyl (C=O) groups excluding carboxylic acids is 1. The van der Waals surface area contributed by atoms with Gasteiger partial charge in [0.05, 0.1) is 0 Å². The normalized spacial score (nSPS) is 10.2. The lowest BCUT2D eigenvalue weighted by atomic mass is 10.2. The molecule has 20 heavy (non-hydrogen) atoms. The molecule has 0 aliphatic heterocycles. The molecule has 0 aliphatic rings. The van der Waals surface area contributed by atoms with Gasteiger partial charge in [-0.05, 0) is 49.6 Å². The fourth-order valence-electron chi connectivity index (χ4n) is 1.94. The third kappa shape index (κ3) is 5.08. The van der Waals surface area contributed by atoms with Crippen molar-refractivity contribution in [3.63, 3.8) is 0 Å². The second-order valence-electron chi connectivity index (χ2n) is 5.06. The quantitative estimate of drug-likeness (QED) is 0.673. The van der Waals surface area contributed by atoms with E-state index >= 15 is 0 Å². The molecule has 0 bridgehead atoms. The molecule has 0 N–H and O–H groups in total. The molecule has 110 valence electrons. The van der Waals surface area contributed by atoms with Gasteiger partial charge in [0.25, 0.3) is 5.91 Å². The van der Waals surface area contributed by atoms with Gasteiger partial charge in [0.15, 0.2) is 0 Å². The van der Waals surface area contributed by atoms with E-state index in [-0.39, 0.29) is 5.91 Å². The van der Waals surface area contributed by atoms with Crippen LogP contribution in [0.25, 0.3) is 0 Å². The molecule has 0 fully saturated rings. The van der Waals surface area contributed by atoms with Crippen molar-refractivity contribution in [2.24, 2.45) is 0 Å². The van der Waals surface area contributed by atoms with Crippen LogP contribution in [0.5, 0.6) is 5.75 Å². The minimum absolute atomic E-state index is 0.0974. The Hall–Kier alpha value is -1.77. The van der Waals surface area contributed by atoms with E-state index in [1.54, 1.807) is 0 Å². The molecule has 0 radical (unpaired) electrons. The maximum atomic E-state index is 12.4. The van der Waals surface area contributed by atoms with Crippen LogP contribution >= 0.6 is 0 Å². The van der Waals surface area contributed by atoms with Crippen molar-refractivity contribution in [2.75, 3.05) is 19.7 Å². The highest BCUT2D eigenvalue weighted by atomic mass is 16.5. The fraction of sp³-hybridized carbons (Fsp3) is 0.471. The van der Waals surface area contributed by atoms with E-state index < -0.39 is 0 Å². The summed E-state index contributed by atoms with van der Waals surface area (Å²) in [5.74, 6) is 0.863. The zero-order valence-corrected chi connectivity index (χ0v) is 12.8. The first-order valence-corrected chi connectivity index (χ1v) is 7.25. The number of nitrogens with zero attached hydrogens (tertiary/aromatic N) is 1. The molecule has 0 spiro atoms. The molecule has 1 aromatic rings. The molecular formula is C17H25NO2. The largest absolute Gasteiger partial charge is 0.489 e. The Kier molecular flexibility index (Phi) is 6.85. The van der Waals surface area contributed by atoms with Gasteiger partial charge in [-0.25, -0.2) is 0 Å². The molecule has 0 saturated heterocycles. The van der Waals surface area contributed by atoms with Gasteiger partial charge >= 0.3 is 0 Å². The van der Waals surface area contributed by atoms with Crippen molar-refractivity contribution in [2.45, 2.75) is 33.6 Å². The number of hydrogen-bond donors (Lipinski definition) is 0. The van der Waals surface area contributed by atoms with Crippen LogP contribution in [0.1, 0.15) is 44.0 Å². The Morgan fingerprint density at radius 1 is 1.15 bits per heavy atom. The Morgan fingerprint density at radius 2 is 1.70 bits per heavy atom. The van der Waals surface area contributed by atoms with Gasteiger partial charge in [-0.15, -0.1) is 0 Å². The van der Waals surface area contributed by atoms with Crippen LogP contribution < -0.4 is 4.74 Å². The van der Waals surface area contributed by atoms with Crippen LogP contribution in [0, 0.1) is 0 Å². The zero-order chi connectivity index (χ0) is 15.0. The molecule has 3 heteroatoms. The van der Waals surface area contributed by atoms with Crippen LogP contribution in [-0.2, 0) is 0 Å². The predicted molar refractivity (Wildman–Crippen MR) is 83.2 cm³/mol. The Bertz CT molecular complexity index is 431. The number of carbonyl (C=O) groups is 1. The summed E-state index contributed by atoms with van der Waals surface area (Å²) in [4.78, 5) is 14.3. The molecule has 0 aliphatic carbocycles. The van der Waals surface area contributed by atoms with Gasteiger partial charge in [0.1, 0.15) is 12.4 Å². The van der Waals surface area contributed by atoms with E-state index in [1.165, 1.54) is 0 Å². The van der Waals surface area contributed by atoms with E-state index in [9.17, 15) is 4.79 Å². The monoisotopic (exact) mass is 275 g/mol. The molecule has 1 rings (SSSR count). The number of hydrogen-bond acceptors (Lipinski definition) is 2. The standard InChI is InChI=1S/C17H25NO2/c1-5-11-18(12-6-2)17(19)15-7-9-16(10-8-15)20-13-14(3)4/h7-10H,3,5-6,11-13H2,1-2,4H3. The lowest BCUT2D eigenvalue weighted by Crippen LogP contribution is -2.32. The first kappa shape index (κ1) is 16.3. The van der Waals surface area contributed by atoms with Crippen molar-refractivity contribution in [3.8, 4) is 5.75 Å². The van der Waals surface area contributed by atoms with Crippen LogP contribution in [0.3, 0.4) is 0 Å². The number of amides is 1. The van der Waals surface area contributed by atoms with Crippen molar-refractivity contribution < 1.29 is 9.53 Å². The van der Waals surface area contributed by atoms with Gasteiger partial charge in [-0.2, -0.15) is 0 Å². The first-order chi connectivity index (χ1) is 9.58. The highest BCUT2D eigenvalue weighted by molar-refractivity contribution is 5.94. The van der Waals surface area contributed by atoms with Crippen LogP contribution in [0.2, 0.25) is 0 Å². The lowest BCUT2D eigenvalue weighted by molar-refractivity contribution is 0.0755. The number of benzene rings is 1. The maximum Gasteiger partial charge on any atom is 0.253 e. The molecule has 1 amide bonds. The van der Waals surface area contributed by atoms with Crippen molar-refractivity contribution >= 4 is 5.91 Å². The topological polar surface area (TPSA) is 29.5 Å². The minimum Gasteiger partial charge on any atom is -0.489 e. The summed E-state index contributed by atoms with van der Waals surface area (Å²) in [5.41, 5.74) is 1.69. The molecule has 1 aromatic carbocycles. The van der Waals surface area contributed by atoms with Crippen LogP contribution in [-0.4, -0.2) is 30.5 Å². The maximum absolute atomic E-state index is 12.4. The van der Waals surface area contributed by atoms with E-state index in [4.69, 9.17) is 4.74 Å². The van der Waals surface area contributed by atoms with Gasteiger partial charge in [-0.1, -0.05) is 20.4 Å². The zero-order valence-electron chi connectivity index (χ0n) is 12.8. The minimum atomic E-state index is 0.0974. The van der Waals surface area contributed by atoms with Gasteiger partial charge < -0.3 is 9.64 Å². The van der Waals surface area contributed by atoms with Crippen molar-refractivity contribution in [3.05, 3.63) is 42.0 Å². The molecule has 0 atom stereocenters. The van der Waals surface area contributed by atoms with Crippen LogP contribution in [0.4, 0.5) is 0 Å². The summed E-state index contributed by atoms with van der Waals surface area (Å²) in [6, 6.07) is 7.33. The summed E-state index contributed by atoms with van der Waals surface area (Å²) in [6.45, 7) is 12.0. The summed E-state index contributed by atoms with van der Waals surface area (Å²) in [5, 5.41) is 0. The number of ether oxygens (including phenoxy) is 1. The Balaban J connectivity index is 2.70. The smallest absolute Gasteiger partial charge is 0.253 e. The second kappa shape index (κ2) is 8.41. The molecule has 0 heterocycles. The molecule has 3 nitrogen and oxygen atoms in total. The molecule has 0 saturated carbocycles. The average Bonchev–Trinajstić information content (AvgIpc) is 2.44. The third-order valence-electron chi connectivity index (χ3n) is 2.86. The molecule has 0 aromatic heterocycles. The van der Waals surface area contributed by atoms with Crippen molar-refractivity contribution in [1.82, 2.24) is 4.90 Å². The summed E-state index contributed by atoms with van der Waals surface area (Å²) < 4.78 is 5.53. The summed E-state index contributed by atoms with van der Waals surface area (Å²) >= 11 is 0. The van der Waals surface area contributed by atoms with E-state index in [1.807, 2.05) is 36.1 Å². The lowest BCUT2D eigenvalue weighted by Gasteiger charge is -2.21.